The van der Waals surface area contributed by atoms with Gasteiger partial charge in [0.2, 0.25) is 5.91 Å². The highest BCUT2D eigenvalue weighted by molar-refractivity contribution is 6.22. The molecule has 8 nitrogen and oxygen atoms in total. The minimum atomic E-state index is -0.453. The van der Waals surface area contributed by atoms with Crippen LogP contribution >= 0.6 is 0 Å². The van der Waals surface area contributed by atoms with Crippen molar-refractivity contribution in [2.45, 2.75) is 13.1 Å². The van der Waals surface area contributed by atoms with Gasteiger partial charge in [-0.15, -0.1) is 0 Å². The predicted octanol–water partition coefficient (Wildman–Crippen LogP) is 4.23. The number of aromatic amines is 1. The summed E-state index contributed by atoms with van der Waals surface area (Å²) in [6, 6.07) is 20.7. The molecular formula is C29H28N4O4. The normalized spacial score (nSPS) is 13.3. The monoisotopic (exact) mass is 496 g/mol. The molecule has 0 aliphatic carbocycles. The standard InChI is InChI=1S/C29H28N4O4/c1-32(2)17-25(34)33-15-20-9-11-22(13-21(20)16-33)30-27(18-7-5-4-6-8-18)26-23-12-10-19(29(36)37-3)14-24(23)31-28(26)35/h4-14,31,35H,15-17H2,1-3H3. The number of likely N-dealkylation sites (N-methyl/N-ethyl adjacent to an activating group) is 1. The van der Waals surface area contributed by atoms with Gasteiger partial charge < -0.3 is 24.6 Å². The Balaban J connectivity index is 1.57. The van der Waals surface area contributed by atoms with Crippen LogP contribution < -0.4 is 0 Å². The first-order valence-electron chi connectivity index (χ1n) is 12.0. The number of fused-ring (bicyclic) bond motifs is 2. The quantitative estimate of drug-likeness (QED) is 0.308. The highest BCUT2D eigenvalue weighted by Gasteiger charge is 2.24. The van der Waals surface area contributed by atoms with E-state index in [1.54, 1.807) is 18.2 Å². The number of H-pyrrole nitrogens is 1. The van der Waals surface area contributed by atoms with Gasteiger partial charge in [0.25, 0.3) is 0 Å². The summed E-state index contributed by atoms with van der Waals surface area (Å²) in [6.45, 7) is 1.50. The number of benzene rings is 3. The Morgan fingerprint density at radius 3 is 2.49 bits per heavy atom. The fourth-order valence-electron chi connectivity index (χ4n) is 4.66. The molecule has 188 valence electrons. The molecular weight excluding hydrogens is 468 g/mol. The van der Waals surface area contributed by atoms with Crippen molar-refractivity contribution in [1.29, 1.82) is 0 Å². The first-order chi connectivity index (χ1) is 17.8. The largest absolute Gasteiger partial charge is 0.494 e. The number of hydrogen-bond donors (Lipinski definition) is 2. The highest BCUT2D eigenvalue weighted by Crippen LogP contribution is 2.33. The summed E-state index contributed by atoms with van der Waals surface area (Å²) < 4.78 is 4.83. The Hall–Kier alpha value is -4.43. The number of aromatic hydroxyl groups is 1. The van der Waals surface area contributed by atoms with E-state index in [2.05, 4.69) is 4.98 Å². The van der Waals surface area contributed by atoms with Gasteiger partial charge in [0.05, 0.1) is 36.2 Å². The third-order valence-electron chi connectivity index (χ3n) is 6.44. The lowest BCUT2D eigenvalue weighted by Crippen LogP contribution is -2.34. The number of carbonyl (C=O) groups is 2. The predicted molar refractivity (Wildman–Crippen MR) is 142 cm³/mol. The number of aliphatic imine (C=N–C) groups is 1. The molecule has 0 saturated heterocycles. The second-order valence-corrected chi connectivity index (χ2v) is 9.37. The fraction of sp³-hybridized carbons (Fsp3) is 0.207. The Kier molecular flexibility index (Phi) is 6.50. The van der Waals surface area contributed by atoms with Crippen molar-refractivity contribution in [2.75, 3.05) is 27.7 Å². The molecule has 8 heteroatoms. The van der Waals surface area contributed by atoms with Gasteiger partial charge in [0.1, 0.15) is 0 Å². The van der Waals surface area contributed by atoms with E-state index in [9.17, 15) is 14.7 Å². The Labute approximate surface area is 214 Å². The molecule has 0 fully saturated rings. The van der Waals surface area contributed by atoms with Crippen LogP contribution in [0.5, 0.6) is 5.88 Å². The lowest BCUT2D eigenvalue weighted by atomic mass is 10.00. The molecule has 0 bridgehead atoms. The molecule has 1 aliphatic rings. The Morgan fingerprint density at radius 1 is 1.00 bits per heavy atom. The molecule has 4 aromatic rings. The summed E-state index contributed by atoms with van der Waals surface area (Å²) in [5, 5.41) is 11.7. The van der Waals surface area contributed by atoms with Crippen molar-refractivity contribution in [1.82, 2.24) is 14.8 Å². The molecule has 1 aromatic heterocycles. The van der Waals surface area contributed by atoms with Crippen molar-refractivity contribution in [3.05, 3.63) is 94.5 Å². The molecule has 5 rings (SSSR count). The second-order valence-electron chi connectivity index (χ2n) is 9.37. The fourth-order valence-corrected chi connectivity index (χ4v) is 4.66. The number of methoxy groups -OCH3 is 1. The van der Waals surface area contributed by atoms with Crippen molar-refractivity contribution >= 4 is 34.2 Å². The minimum absolute atomic E-state index is 0.0405. The van der Waals surface area contributed by atoms with E-state index in [0.717, 1.165) is 27.8 Å². The smallest absolute Gasteiger partial charge is 0.337 e. The summed E-state index contributed by atoms with van der Waals surface area (Å²) in [7, 11) is 5.10. The maximum atomic E-state index is 12.6. The summed E-state index contributed by atoms with van der Waals surface area (Å²) in [5.41, 5.74) is 5.84. The highest BCUT2D eigenvalue weighted by atomic mass is 16.5. The van der Waals surface area contributed by atoms with Crippen LogP contribution in [-0.4, -0.2) is 65.2 Å². The first kappa shape index (κ1) is 24.3. The molecule has 2 N–H and O–H groups in total. The van der Waals surface area contributed by atoms with Crippen LogP contribution in [0.4, 0.5) is 5.69 Å². The minimum Gasteiger partial charge on any atom is -0.494 e. The van der Waals surface area contributed by atoms with Crippen LogP contribution in [0.15, 0.2) is 71.7 Å². The summed E-state index contributed by atoms with van der Waals surface area (Å²) in [6.07, 6.45) is 0. The SMILES string of the molecule is COC(=O)c1ccc2c(C(=Nc3ccc4c(c3)CN(C(=O)CN(C)C)C4)c3ccccc3)c(O)[nH]c2c1. The number of hydrogen-bond acceptors (Lipinski definition) is 6. The van der Waals surface area contributed by atoms with Gasteiger partial charge in [-0.1, -0.05) is 42.5 Å². The van der Waals surface area contributed by atoms with E-state index in [4.69, 9.17) is 9.73 Å². The molecule has 1 amide bonds. The van der Waals surface area contributed by atoms with Gasteiger partial charge in [-0.05, 0) is 49.5 Å². The zero-order valence-corrected chi connectivity index (χ0v) is 21.0. The van der Waals surface area contributed by atoms with E-state index in [1.807, 2.05) is 72.4 Å². The lowest BCUT2D eigenvalue weighted by Gasteiger charge is -2.18. The molecule has 0 radical (unpaired) electrons. The average molecular weight is 497 g/mol. The van der Waals surface area contributed by atoms with E-state index in [-0.39, 0.29) is 11.8 Å². The third-order valence-corrected chi connectivity index (χ3v) is 6.44. The molecule has 37 heavy (non-hydrogen) atoms. The van der Waals surface area contributed by atoms with Crippen LogP contribution in [0.1, 0.15) is 32.6 Å². The van der Waals surface area contributed by atoms with Crippen LogP contribution in [0, 0.1) is 0 Å². The number of nitrogens with zero attached hydrogens (tertiary/aromatic N) is 3. The lowest BCUT2D eigenvalue weighted by molar-refractivity contribution is -0.132. The number of aromatic nitrogens is 1. The molecule has 0 saturated carbocycles. The zero-order valence-electron chi connectivity index (χ0n) is 21.0. The summed E-state index contributed by atoms with van der Waals surface area (Å²) in [4.78, 5) is 36.3. The number of esters is 1. The third kappa shape index (κ3) is 4.83. The van der Waals surface area contributed by atoms with Crippen LogP contribution in [-0.2, 0) is 22.6 Å². The number of ether oxygens (including phenoxy) is 1. The van der Waals surface area contributed by atoms with E-state index >= 15 is 0 Å². The molecule has 1 aliphatic heterocycles. The molecule has 0 unspecified atom stereocenters. The van der Waals surface area contributed by atoms with Crippen LogP contribution in [0.2, 0.25) is 0 Å². The zero-order chi connectivity index (χ0) is 26.1. The first-order valence-corrected chi connectivity index (χ1v) is 12.0. The van der Waals surface area contributed by atoms with Gasteiger partial charge in [-0.25, -0.2) is 9.79 Å². The Morgan fingerprint density at radius 2 is 1.76 bits per heavy atom. The molecule has 2 heterocycles. The maximum Gasteiger partial charge on any atom is 0.337 e. The van der Waals surface area contributed by atoms with Crippen molar-refractivity contribution < 1.29 is 19.4 Å². The van der Waals surface area contributed by atoms with Crippen molar-refractivity contribution in [2.24, 2.45) is 4.99 Å². The number of rotatable bonds is 6. The summed E-state index contributed by atoms with van der Waals surface area (Å²) in [5.74, 6) is -0.404. The second kappa shape index (κ2) is 9.91. The number of carbonyl (C=O) groups excluding carboxylic acids is 2. The number of amides is 1. The average Bonchev–Trinajstić information content (AvgIpc) is 3.46. The van der Waals surface area contributed by atoms with Gasteiger partial charge in [-0.2, -0.15) is 0 Å². The molecule has 0 spiro atoms. The van der Waals surface area contributed by atoms with Crippen LogP contribution in [0.3, 0.4) is 0 Å². The van der Waals surface area contributed by atoms with Crippen molar-refractivity contribution in [3.63, 3.8) is 0 Å². The van der Waals surface area contributed by atoms with Gasteiger partial charge >= 0.3 is 5.97 Å². The summed E-state index contributed by atoms with van der Waals surface area (Å²) >= 11 is 0. The van der Waals surface area contributed by atoms with E-state index in [0.29, 0.717) is 42.0 Å². The Bertz CT molecular complexity index is 1520. The molecule has 0 atom stereocenters. The van der Waals surface area contributed by atoms with Gasteiger partial charge in [-0.3, -0.25) is 4.79 Å². The van der Waals surface area contributed by atoms with Crippen LogP contribution in [0.25, 0.3) is 10.9 Å². The van der Waals surface area contributed by atoms with E-state index < -0.39 is 5.97 Å². The molecule has 3 aromatic carbocycles. The topological polar surface area (TPSA) is 98.2 Å². The van der Waals surface area contributed by atoms with Crippen molar-refractivity contribution in [3.8, 4) is 5.88 Å². The van der Waals surface area contributed by atoms with Gasteiger partial charge in [0.15, 0.2) is 5.88 Å². The van der Waals surface area contributed by atoms with Gasteiger partial charge in [0, 0.05) is 29.6 Å². The van der Waals surface area contributed by atoms with E-state index in [1.165, 1.54) is 7.11 Å². The number of nitrogens with one attached hydrogen (secondary N) is 1. The maximum absolute atomic E-state index is 12.6.